The highest BCUT2D eigenvalue weighted by atomic mass is 35.5. The first-order valence-corrected chi connectivity index (χ1v) is 8.88. The van der Waals surface area contributed by atoms with Crippen LogP contribution >= 0.6 is 23.4 Å². The third-order valence-corrected chi connectivity index (χ3v) is 5.99. The summed E-state index contributed by atoms with van der Waals surface area (Å²) in [7, 11) is 4.11. The molecule has 2 unspecified atom stereocenters. The predicted octanol–water partition coefficient (Wildman–Crippen LogP) is 4.33. The van der Waals surface area contributed by atoms with Crippen molar-refractivity contribution in [3.63, 3.8) is 0 Å². The Morgan fingerprint density at radius 1 is 1.43 bits per heavy atom. The molecule has 23 heavy (non-hydrogen) atoms. The third-order valence-electron chi connectivity index (χ3n) is 4.10. The molecule has 1 saturated carbocycles. The van der Waals surface area contributed by atoms with E-state index in [1.807, 2.05) is 6.07 Å². The van der Waals surface area contributed by atoms with Gasteiger partial charge in [-0.3, -0.25) is 10.1 Å². The van der Waals surface area contributed by atoms with Crippen LogP contribution < -0.4 is 0 Å². The van der Waals surface area contributed by atoms with Gasteiger partial charge < -0.3 is 4.90 Å². The van der Waals surface area contributed by atoms with Crippen molar-refractivity contribution in [1.82, 2.24) is 4.90 Å². The van der Waals surface area contributed by atoms with E-state index in [1.54, 1.807) is 23.9 Å². The van der Waals surface area contributed by atoms with Crippen LogP contribution in [-0.2, 0) is 0 Å². The molecule has 0 aliphatic heterocycles. The van der Waals surface area contributed by atoms with Crippen molar-refractivity contribution in [2.75, 3.05) is 20.6 Å². The Bertz CT molecular complexity index is 630. The molecule has 2 atom stereocenters. The maximum absolute atomic E-state index is 11.4. The van der Waals surface area contributed by atoms with Crippen LogP contribution in [0.25, 0.3) is 0 Å². The molecule has 0 amide bonds. The van der Waals surface area contributed by atoms with E-state index in [1.165, 1.54) is 6.42 Å². The summed E-state index contributed by atoms with van der Waals surface area (Å²) in [5.41, 5.74) is 0.0149. The summed E-state index contributed by atoms with van der Waals surface area (Å²) in [4.78, 5) is 13.7. The van der Waals surface area contributed by atoms with Crippen LogP contribution in [0, 0.1) is 27.4 Å². The minimum absolute atomic E-state index is 0.0533. The van der Waals surface area contributed by atoms with Crippen LogP contribution in [0.5, 0.6) is 0 Å². The molecule has 0 heterocycles. The smallest absolute Gasteiger partial charge is 0.302 e. The average Bonchev–Trinajstić information content (AvgIpc) is 2.48. The third kappa shape index (κ3) is 4.37. The molecular formula is C16H20ClN3O2S. The van der Waals surface area contributed by atoms with Gasteiger partial charge in [0.1, 0.15) is 11.1 Å². The molecule has 1 aromatic rings. The molecule has 7 heteroatoms. The van der Waals surface area contributed by atoms with Crippen LogP contribution in [0.4, 0.5) is 5.69 Å². The number of halogens is 1. The van der Waals surface area contributed by atoms with Gasteiger partial charge in [0.25, 0.3) is 0 Å². The van der Waals surface area contributed by atoms with E-state index < -0.39 is 4.92 Å². The first kappa shape index (κ1) is 18.1. The molecule has 5 nitrogen and oxygen atoms in total. The zero-order valence-electron chi connectivity index (χ0n) is 13.3. The summed E-state index contributed by atoms with van der Waals surface area (Å²) in [5, 5.41) is 20.7. The van der Waals surface area contributed by atoms with E-state index in [0.717, 1.165) is 25.8 Å². The second kappa shape index (κ2) is 8.00. The molecule has 0 saturated heterocycles. The molecule has 1 fully saturated rings. The van der Waals surface area contributed by atoms with Gasteiger partial charge in [-0.2, -0.15) is 5.26 Å². The predicted molar refractivity (Wildman–Crippen MR) is 93.0 cm³/mol. The molecule has 1 aliphatic rings. The van der Waals surface area contributed by atoms with Crippen LogP contribution in [0.15, 0.2) is 17.0 Å². The Balaban J connectivity index is 2.29. The molecular weight excluding hydrogens is 334 g/mol. The number of nitrogens with zero attached hydrogens (tertiary/aromatic N) is 3. The number of nitro benzene ring substituents is 1. The first-order valence-electron chi connectivity index (χ1n) is 7.62. The molecule has 0 spiro atoms. The average molecular weight is 354 g/mol. The van der Waals surface area contributed by atoms with E-state index >= 15 is 0 Å². The highest BCUT2D eigenvalue weighted by molar-refractivity contribution is 8.00. The highest BCUT2D eigenvalue weighted by Crippen LogP contribution is 2.44. The van der Waals surface area contributed by atoms with E-state index in [9.17, 15) is 10.1 Å². The number of nitro groups is 1. The Morgan fingerprint density at radius 3 is 2.74 bits per heavy atom. The number of hydrogen-bond acceptors (Lipinski definition) is 5. The summed E-state index contributed by atoms with van der Waals surface area (Å²) in [6.45, 7) is 0.982. The van der Waals surface area contributed by atoms with Gasteiger partial charge in [-0.1, -0.05) is 24.4 Å². The fourth-order valence-electron chi connectivity index (χ4n) is 3.07. The van der Waals surface area contributed by atoms with E-state index in [-0.39, 0.29) is 16.3 Å². The topological polar surface area (TPSA) is 70.2 Å². The summed E-state index contributed by atoms with van der Waals surface area (Å²) < 4.78 is 0. The van der Waals surface area contributed by atoms with Gasteiger partial charge in [-0.25, -0.2) is 0 Å². The highest BCUT2D eigenvalue weighted by Gasteiger charge is 2.30. The summed E-state index contributed by atoms with van der Waals surface area (Å²) in [6, 6.07) is 5.14. The number of hydrogen-bond donors (Lipinski definition) is 0. The summed E-state index contributed by atoms with van der Waals surface area (Å²) in [6.07, 6.45) is 4.57. The second-order valence-corrected chi connectivity index (χ2v) is 7.76. The van der Waals surface area contributed by atoms with Crippen molar-refractivity contribution in [3.8, 4) is 6.07 Å². The minimum atomic E-state index is -0.477. The first-order chi connectivity index (χ1) is 10.9. The lowest BCUT2D eigenvalue weighted by Gasteiger charge is -2.32. The Kier molecular flexibility index (Phi) is 6.28. The standard InChI is InChI=1S/C16H20ClN3O2S/c1-19(2)10-12-5-3-4-6-13(12)23-14-8-7-11(9-18)15(17)16(14)20(21)22/h7-8,12-13H,3-6,10H2,1-2H3. The van der Waals surface area contributed by atoms with Gasteiger partial charge in [-0.05, 0) is 45.0 Å². The number of benzene rings is 1. The zero-order valence-corrected chi connectivity index (χ0v) is 14.9. The fraction of sp³-hybridized carbons (Fsp3) is 0.562. The maximum atomic E-state index is 11.4. The molecule has 0 N–H and O–H groups in total. The lowest BCUT2D eigenvalue weighted by Crippen LogP contribution is -2.31. The Labute approximate surface area is 145 Å². The molecule has 0 radical (unpaired) electrons. The summed E-state index contributed by atoms with van der Waals surface area (Å²) in [5.74, 6) is 0.512. The fourth-order valence-corrected chi connectivity index (χ4v) is 4.86. The van der Waals surface area contributed by atoms with E-state index in [4.69, 9.17) is 16.9 Å². The van der Waals surface area contributed by atoms with Crippen molar-refractivity contribution in [3.05, 3.63) is 32.8 Å². The monoisotopic (exact) mass is 353 g/mol. The number of thioether (sulfide) groups is 1. The van der Waals surface area contributed by atoms with Gasteiger partial charge in [0.05, 0.1) is 15.4 Å². The van der Waals surface area contributed by atoms with Gasteiger partial charge in [0.15, 0.2) is 0 Å². The Hall–Kier alpha value is -1.29. The van der Waals surface area contributed by atoms with Gasteiger partial charge in [0, 0.05) is 11.8 Å². The molecule has 124 valence electrons. The SMILES string of the molecule is CN(C)CC1CCCCC1Sc1ccc(C#N)c(Cl)c1[N+](=O)[O-]. The molecule has 1 aliphatic carbocycles. The zero-order chi connectivity index (χ0) is 17.0. The number of rotatable bonds is 5. The van der Waals surface area contributed by atoms with Crippen LogP contribution in [0.2, 0.25) is 5.02 Å². The van der Waals surface area contributed by atoms with Gasteiger partial charge in [-0.15, -0.1) is 11.8 Å². The van der Waals surface area contributed by atoms with Crippen molar-refractivity contribution < 1.29 is 4.92 Å². The van der Waals surface area contributed by atoms with E-state index in [2.05, 4.69) is 19.0 Å². The molecule has 1 aromatic carbocycles. The lowest BCUT2D eigenvalue weighted by molar-refractivity contribution is -0.387. The van der Waals surface area contributed by atoms with Crippen molar-refractivity contribution in [2.45, 2.75) is 35.8 Å². The van der Waals surface area contributed by atoms with Crippen LogP contribution in [0.3, 0.4) is 0 Å². The minimum Gasteiger partial charge on any atom is -0.309 e. The van der Waals surface area contributed by atoms with Crippen LogP contribution in [-0.4, -0.2) is 35.7 Å². The lowest BCUT2D eigenvalue weighted by atomic mass is 9.88. The second-order valence-electron chi connectivity index (χ2n) is 6.11. The molecule has 0 bridgehead atoms. The van der Waals surface area contributed by atoms with Crippen molar-refractivity contribution in [2.24, 2.45) is 5.92 Å². The van der Waals surface area contributed by atoms with Crippen LogP contribution in [0.1, 0.15) is 31.2 Å². The number of nitriles is 1. The normalized spacial score (nSPS) is 21.2. The van der Waals surface area contributed by atoms with Crippen molar-refractivity contribution >= 4 is 29.1 Å². The summed E-state index contributed by atoms with van der Waals surface area (Å²) >= 11 is 7.60. The Morgan fingerprint density at radius 2 is 2.13 bits per heavy atom. The van der Waals surface area contributed by atoms with E-state index in [0.29, 0.717) is 16.1 Å². The molecule has 2 rings (SSSR count). The molecule has 0 aromatic heterocycles. The maximum Gasteiger partial charge on any atom is 0.302 e. The van der Waals surface area contributed by atoms with Crippen molar-refractivity contribution in [1.29, 1.82) is 5.26 Å². The quantitative estimate of drug-likeness (QED) is 0.582. The van der Waals surface area contributed by atoms with Gasteiger partial charge in [0.2, 0.25) is 0 Å². The van der Waals surface area contributed by atoms with Gasteiger partial charge >= 0.3 is 5.69 Å². The largest absolute Gasteiger partial charge is 0.309 e.